The van der Waals surface area contributed by atoms with E-state index in [4.69, 9.17) is 4.74 Å². The first-order valence-corrected chi connectivity index (χ1v) is 7.46. The van der Waals surface area contributed by atoms with E-state index in [9.17, 15) is 4.79 Å². The first kappa shape index (κ1) is 16.5. The maximum atomic E-state index is 12.1. The number of aromatic nitrogens is 2. The van der Waals surface area contributed by atoms with Gasteiger partial charge < -0.3 is 15.0 Å². The summed E-state index contributed by atoms with van der Waals surface area (Å²) in [6.45, 7) is 8.24. The predicted molar refractivity (Wildman–Crippen MR) is 84.6 cm³/mol. The first-order chi connectivity index (χ1) is 10.2. The molecule has 0 saturated carbocycles. The van der Waals surface area contributed by atoms with Gasteiger partial charge in [0.1, 0.15) is 5.60 Å². The van der Waals surface area contributed by atoms with Crippen molar-refractivity contribution in [2.75, 3.05) is 32.5 Å². The number of anilines is 1. The maximum absolute atomic E-state index is 12.1. The van der Waals surface area contributed by atoms with Crippen molar-refractivity contribution in [3.05, 3.63) is 17.5 Å². The van der Waals surface area contributed by atoms with Crippen LogP contribution in [0, 0.1) is 0 Å². The van der Waals surface area contributed by atoms with E-state index in [1.807, 2.05) is 34.9 Å². The largest absolute Gasteiger partial charge is 0.444 e. The normalized spacial score (nSPS) is 14.2. The number of likely N-dealkylation sites (N-methyl/N-ethyl adjacent to an activating group) is 1. The molecule has 1 aromatic heterocycles. The Morgan fingerprint density at radius 3 is 2.77 bits per heavy atom. The molecule has 1 aliphatic rings. The smallest absolute Gasteiger partial charge is 0.410 e. The molecule has 0 aliphatic carbocycles. The number of fused-ring (bicyclic) bond motifs is 1. The van der Waals surface area contributed by atoms with E-state index >= 15 is 0 Å². The highest BCUT2D eigenvalue weighted by Crippen LogP contribution is 2.23. The topological polar surface area (TPSA) is 70.6 Å². The Bertz CT molecular complexity index is 539. The molecule has 1 N–H and O–H groups in total. The van der Waals surface area contributed by atoms with Crippen LogP contribution in [0.25, 0.3) is 0 Å². The summed E-state index contributed by atoms with van der Waals surface area (Å²) in [6, 6.07) is 0. The molecule has 0 fully saturated rings. The molecule has 1 amide bonds. The zero-order valence-corrected chi connectivity index (χ0v) is 14.0. The van der Waals surface area contributed by atoms with E-state index in [1.54, 1.807) is 11.1 Å². The molecule has 0 atom stereocenters. The number of nitrogens with one attached hydrogen (secondary N) is 1. The fourth-order valence-corrected chi connectivity index (χ4v) is 2.09. The Labute approximate surface area is 131 Å². The van der Waals surface area contributed by atoms with Gasteiger partial charge in [0.25, 0.3) is 0 Å². The average Bonchev–Trinajstić information content (AvgIpc) is 2.79. The van der Waals surface area contributed by atoms with Crippen molar-refractivity contribution in [3.63, 3.8) is 0 Å². The van der Waals surface area contributed by atoms with Gasteiger partial charge in [-0.3, -0.25) is 4.90 Å². The van der Waals surface area contributed by atoms with E-state index in [0.29, 0.717) is 19.0 Å². The molecule has 0 saturated heterocycles. The van der Waals surface area contributed by atoms with Crippen LogP contribution in [-0.2, 0) is 17.8 Å². The van der Waals surface area contributed by atoms with Gasteiger partial charge >= 0.3 is 6.09 Å². The van der Waals surface area contributed by atoms with E-state index < -0.39 is 5.60 Å². The number of hydrogen-bond acceptors (Lipinski definition) is 6. The second-order valence-electron chi connectivity index (χ2n) is 6.73. The SMILES string of the molecule is CN(C)CCNc1ncc2c(n1)CN(C(=O)OC(C)(C)C)C2. The van der Waals surface area contributed by atoms with Gasteiger partial charge in [-0.05, 0) is 34.9 Å². The molecular weight excluding hydrogens is 282 g/mol. The molecular formula is C15H25N5O2. The van der Waals surface area contributed by atoms with Crippen molar-refractivity contribution in [2.24, 2.45) is 0 Å². The minimum Gasteiger partial charge on any atom is -0.444 e. The zero-order chi connectivity index (χ0) is 16.3. The minimum atomic E-state index is -0.490. The molecule has 0 bridgehead atoms. The summed E-state index contributed by atoms with van der Waals surface area (Å²) in [6.07, 6.45) is 1.47. The highest BCUT2D eigenvalue weighted by molar-refractivity contribution is 5.69. The van der Waals surface area contributed by atoms with Crippen molar-refractivity contribution in [3.8, 4) is 0 Å². The van der Waals surface area contributed by atoms with Gasteiger partial charge in [-0.25, -0.2) is 14.8 Å². The number of rotatable bonds is 4. The fourth-order valence-electron chi connectivity index (χ4n) is 2.09. The number of ether oxygens (including phenoxy) is 1. The Hall–Kier alpha value is -1.89. The van der Waals surface area contributed by atoms with Crippen molar-refractivity contribution in [1.82, 2.24) is 19.8 Å². The van der Waals surface area contributed by atoms with Crippen molar-refractivity contribution < 1.29 is 9.53 Å². The van der Waals surface area contributed by atoms with E-state index in [2.05, 4.69) is 20.2 Å². The lowest BCUT2D eigenvalue weighted by atomic mass is 10.2. The molecule has 7 nitrogen and oxygen atoms in total. The summed E-state index contributed by atoms with van der Waals surface area (Å²) >= 11 is 0. The monoisotopic (exact) mass is 307 g/mol. The Morgan fingerprint density at radius 2 is 2.14 bits per heavy atom. The van der Waals surface area contributed by atoms with Crippen LogP contribution >= 0.6 is 0 Å². The number of carbonyl (C=O) groups excluding carboxylic acids is 1. The molecule has 122 valence electrons. The Kier molecular flexibility index (Phi) is 4.85. The second kappa shape index (κ2) is 6.48. The average molecular weight is 307 g/mol. The molecule has 7 heteroatoms. The summed E-state index contributed by atoms with van der Waals surface area (Å²) in [5, 5.41) is 3.19. The summed E-state index contributed by atoms with van der Waals surface area (Å²) in [5.41, 5.74) is 1.37. The van der Waals surface area contributed by atoms with Crippen LogP contribution in [0.15, 0.2) is 6.20 Å². The number of hydrogen-bond donors (Lipinski definition) is 1. The summed E-state index contributed by atoms with van der Waals surface area (Å²) in [7, 11) is 4.04. The molecule has 2 rings (SSSR count). The number of amides is 1. The van der Waals surface area contributed by atoms with Crippen LogP contribution < -0.4 is 5.32 Å². The molecule has 0 aromatic carbocycles. The fraction of sp³-hybridized carbons (Fsp3) is 0.667. The van der Waals surface area contributed by atoms with Gasteiger partial charge in [0.15, 0.2) is 0 Å². The molecule has 1 aromatic rings. The molecule has 0 unspecified atom stereocenters. The standard InChI is InChI=1S/C15H25N5O2/c1-15(2,3)22-14(21)20-9-11-8-17-13(18-12(11)10-20)16-6-7-19(4)5/h8H,6-7,9-10H2,1-5H3,(H,16,17,18). The van der Waals surface area contributed by atoms with Crippen LogP contribution in [0.4, 0.5) is 10.7 Å². The number of carbonyl (C=O) groups is 1. The predicted octanol–water partition coefficient (Wildman–Crippen LogP) is 1.70. The molecule has 0 radical (unpaired) electrons. The van der Waals surface area contributed by atoms with Gasteiger partial charge in [-0.15, -0.1) is 0 Å². The summed E-state index contributed by atoms with van der Waals surface area (Å²) in [4.78, 5) is 24.6. The number of nitrogens with zero attached hydrogens (tertiary/aromatic N) is 4. The van der Waals surface area contributed by atoms with Gasteiger partial charge in [-0.1, -0.05) is 0 Å². The van der Waals surface area contributed by atoms with Crippen LogP contribution in [0.1, 0.15) is 32.0 Å². The van der Waals surface area contributed by atoms with Crippen LogP contribution in [0.3, 0.4) is 0 Å². The minimum absolute atomic E-state index is 0.312. The van der Waals surface area contributed by atoms with Crippen molar-refractivity contribution >= 4 is 12.0 Å². The van der Waals surface area contributed by atoms with Gasteiger partial charge in [0.05, 0.1) is 18.8 Å². The third-order valence-electron chi connectivity index (χ3n) is 3.15. The Morgan fingerprint density at radius 1 is 1.41 bits per heavy atom. The molecule has 2 heterocycles. The van der Waals surface area contributed by atoms with Gasteiger partial charge in [0, 0.05) is 24.8 Å². The molecule has 0 spiro atoms. The van der Waals surface area contributed by atoms with Crippen molar-refractivity contribution in [1.29, 1.82) is 0 Å². The van der Waals surface area contributed by atoms with E-state index in [-0.39, 0.29) is 6.09 Å². The molecule has 1 aliphatic heterocycles. The van der Waals surface area contributed by atoms with Crippen molar-refractivity contribution in [2.45, 2.75) is 39.5 Å². The summed E-state index contributed by atoms with van der Waals surface area (Å²) in [5.74, 6) is 0.603. The van der Waals surface area contributed by atoms with Crippen LogP contribution in [-0.4, -0.2) is 58.6 Å². The lowest BCUT2D eigenvalue weighted by Gasteiger charge is -2.23. The second-order valence-corrected chi connectivity index (χ2v) is 6.73. The van der Waals surface area contributed by atoms with Crippen LogP contribution in [0.2, 0.25) is 0 Å². The zero-order valence-electron chi connectivity index (χ0n) is 14.0. The highest BCUT2D eigenvalue weighted by Gasteiger charge is 2.29. The third-order valence-corrected chi connectivity index (χ3v) is 3.15. The lowest BCUT2D eigenvalue weighted by molar-refractivity contribution is 0.0240. The maximum Gasteiger partial charge on any atom is 0.410 e. The van der Waals surface area contributed by atoms with Crippen LogP contribution in [0.5, 0.6) is 0 Å². The summed E-state index contributed by atoms with van der Waals surface area (Å²) < 4.78 is 5.39. The van der Waals surface area contributed by atoms with Gasteiger partial charge in [0.2, 0.25) is 5.95 Å². The first-order valence-electron chi connectivity index (χ1n) is 7.46. The highest BCUT2D eigenvalue weighted by atomic mass is 16.6. The quantitative estimate of drug-likeness (QED) is 0.913. The van der Waals surface area contributed by atoms with Gasteiger partial charge in [-0.2, -0.15) is 0 Å². The lowest BCUT2D eigenvalue weighted by Crippen LogP contribution is -2.33. The Balaban J connectivity index is 1.95. The molecule has 22 heavy (non-hydrogen) atoms. The van der Waals surface area contributed by atoms with E-state index in [1.165, 1.54) is 0 Å². The van der Waals surface area contributed by atoms with E-state index in [0.717, 1.165) is 24.3 Å². The third kappa shape index (κ3) is 4.56.